The number of imide groups is 1. The lowest BCUT2D eigenvalue weighted by atomic mass is 10.00. The van der Waals surface area contributed by atoms with Gasteiger partial charge in [-0.1, -0.05) is 37.3 Å². The fourth-order valence-corrected chi connectivity index (χ4v) is 3.52. The SMILES string of the molecule is CC(Cc1cccc(F)c1)C(=O)Nc1cccc(N2C(=O)c3ccccc3C2=O)c1. The third-order valence-electron chi connectivity index (χ3n) is 5.04. The Labute approximate surface area is 173 Å². The number of nitrogens with zero attached hydrogens (tertiary/aromatic N) is 1. The van der Waals surface area contributed by atoms with Crippen molar-refractivity contribution in [1.29, 1.82) is 0 Å². The minimum absolute atomic E-state index is 0.237. The highest BCUT2D eigenvalue weighted by atomic mass is 19.1. The van der Waals surface area contributed by atoms with E-state index in [0.717, 1.165) is 10.5 Å². The van der Waals surface area contributed by atoms with E-state index in [0.29, 0.717) is 28.9 Å². The van der Waals surface area contributed by atoms with Crippen molar-refractivity contribution < 1.29 is 18.8 Å². The number of benzene rings is 3. The molecule has 3 aromatic carbocycles. The standard InChI is InChI=1S/C24H19FN2O3/c1-15(12-16-6-4-7-17(25)13-16)22(28)26-18-8-5-9-19(14-18)27-23(29)20-10-2-3-11-21(20)24(27)30/h2-11,13-15H,12H2,1H3,(H,26,28). The zero-order chi connectivity index (χ0) is 21.3. The van der Waals surface area contributed by atoms with Crippen LogP contribution in [0.2, 0.25) is 0 Å². The lowest BCUT2D eigenvalue weighted by Gasteiger charge is -2.16. The molecule has 0 bridgehead atoms. The van der Waals surface area contributed by atoms with E-state index in [9.17, 15) is 18.8 Å². The molecule has 150 valence electrons. The highest BCUT2D eigenvalue weighted by Crippen LogP contribution is 2.29. The van der Waals surface area contributed by atoms with Crippen LogP contribution < -0.4 is 10.2 Å². The van der Waals surface area contributed by atoms with Gasteiger partial charge in [0.25, 0.3) is 11.8 Å². The van der Waals surface area contributed by atoms with E-state index >= 15 is 0 Å². The highest BCUT2D eigenvalue weighted by molar-refractivity contribution is 6.34. The zero-order valence-electron chi connectivity index (χ0n) is 16.3. The Morgan fingerprint density at radius 3 is 2.27 bits per heavy atom. The first-order chi connectivity index (χ1) is 14.4. The second-order valence-corrected chi connectivity index (χ2v) is 7.27. The minimum atomic E-state index is -0.394. The van der Waals surface area contributed by atoms with E-state index in [2.05, 4.69) is 5.32 Å². The van der Waals surface area contributed by atoms with Crippen molar-refractivity contribution in [3.8, 4) is 0 Å². The molecule has 1 aliphatic rings. The number of halogens is 1. The molecule has 0 spiro atoms. The normalized spacial score (nSPS) is 13.9. The number of rotatable bonds is 5. The molecule has 0 saturated carbocycles. The summed E-state index contributed by atoms with van der Waals surface area (Å²) in [5, 5.41) is 2.81. The van der Waals surface area contributed by atoms with Gasteiger partial charge in [0, 0.05) is 11.6 Å². The van der Waals surface area contributed by atoms with Gasteiger partial charge in [0.1, 0.15) is 5.82 Å². The van der Waals surface area contributed by atoms with Crippen LogP contribution in [0.3, 0.4) is 0 Å². The molecule has 0 radical (unpaired) electrons. The number of nitrogens with one attached hydrogen (secondary N) is 1. The second-order valence-electron chi connectivity index (χ2n) is 7.27. The first-order valence-corrected chi connectivity index (χ1v) is 9.57. The first kappa shape index (κ1) is 19.5. The fourth-order valence-electron chi connectivity index (χ4n) is 3.52. The molecule has 1 N–H and O–H groups in total. The minimum Gasteiger partial charge on any atom is -0.326 e. The van der Waals surface area contributed by atoms with Crippen LogP contribution in [-0.2, 0) is 11.2 Å². The van der Waals surface area contributed by atoms with Crippen molar-refractivity contribution in [2.24, 2.45) is 5.92 Å². The molecule has 3 amide bonds. The molecule has 0 aliphatic carbocycles. The van der Waals surface area contributed by atoms with Crippen LogP contribution in [0, 0.1) is 11.7 Å². The Morgan fingerprint density at radius 1 is 0.933 bits per heavy atom. The molecule has 1 atom stereocenters. The third-order valence-corrected chi connectivity index (χ3v) is 5.04. The van der Waals surface area contributed by atoms with Crippen molar-refractivity contribution in [3.63, 3.8) is 0 Å². The van der Waals surface area contributed by atoms with Gasteiger partial charge < -0.3 is 5.32 Å². The number of hydrogen-bond donors (Lipinski definition) is 1. The molecule has 0 saturated heterocycles. The monoisotopic (exact) mass is 402 g/mol. The average molecular weight is 402 g/mol. The number of carbonyl (C=O) groups is 3. The van der Waals surface area contributed by atoms with Crippen molar-refractivity contribution >= 4 is 29.1 Å². The average Bonchev–Trinajstić information content (AvgIpc) is 2.99. The van der Waals surface area contributed by atoms with Gasteiger partial charge in [-0.05, 0) is 54.4 Å². The van der Waals surface area contributed by atoms with E-state index in [1.54, 1.807) is 67.6 Å². The number of fused-ring (bicyclic) bond motifs is 1. The molecule has 6 heteroatoms. The summed E-state index contributed by atoms with van der Waals surface area (Å²) in [7, 11) is 0. The number of carbonyl (C=O) groups excluding carboxylic acids is 3. The van der Waals surface area contributed by atoms with Crippen LogP contribution in [0.25, 0.3) is 0 Å². The number of amides is 3. The molecule has 3 aromatic rings. The van der Waals surface area contributed by atoms with E-state index in [1.807, 2.05) is 0 Å². The molecule has 1 heterocycles. The van der Waals surface area contributed by atoms with Crippen molar-refractivity contribution in [1.82, 2.24) is 0 Å². The van der Waals surface area contributed by atoms with Gasteiger partial charge in [0.2, 0.25) is 5.91 Å². The van der Waals surface area contributed by atoms with Gasteiger partial charge in [-0.15, -0.1) is 0 Å². The van der Waals surface area contributed by atoms with E-state index < -0.39 is 17.7 Å². The number of hydrogen-bond acceptors (Lipinski definition) is 3. The van der Waals surface area contributed by atoms with E-state index in [1.165, 1.54) is 12.1 Å². The summed E-state index contributed by atoms with van der Waals surface area (Å²) in [6.45, 7) is 1.76. The lowest BCUT2D eigenvalue weighted by Crippen LogP contribution is -2.29. The van der Waals surface area contributed by atoms with Crippen molar-refractivity contribution in [2.45, 2.75) is 13.3 Å². The summed E-state index contributed by atoms with van der Waals surface area (Å²) in [5.41, 5.74) is 2.32. The van der Waals surface area contributed by atoms with Gasteiger partial charge in [-0.3, -0.25) is 14.4 Å². The molecule has 1 unspecified atom stereocenters. The fraction of sp³-hybridized carbons (Fsp3) is 0.125. The molecule has 0 fully saturated rings. The molecule has 0 aromatic heterocycles. The summed E-state index contributed by atoms with van der Waals surface area (Å²) in [6.07, 6.45) is 0.391. The summed E-state index contributed by atoms with van der Waals surface area (Å²) in [6, 6.07) is 19.4. The van der Waals surface area contributed by atoms with Gasteiger partial charge in [-0.2, -0.15) is 0 Å². The predicted molar refractivity (Wildman–Crippen MR) is 112 cm³/mol. The summed E-state index contributed by atoms with van der Waals surface area (Å²) < 4.78 is 13.4. The first-order valence-electron chi connectivity index (χ1n) is 9.57. The van der Waals surface area contributed by atoms with Crippen LogP contribution >= 0.6 is 0 Å². The molecule has 1 aliphatic heterocycles. The molecular formula is C24H19FN2O3. The molecule has 4 rings (SSSR count). The van der Waals surface area contributed by atoms with Crippen molar-refractivity contribution in [3.05, 3.63) is 95.3 Å². The number of anilines is 2. The Kier molecular flexibility index (Phi) is 5.14. The quantitative estimate of drug-likeness (QED) is 0.642. The highest BCUT2D eigenvalue weighted by Gasteiger charge is 2.36. The molecular weight excluding hydrogens is 383 g/mol. The lowest BCUT2D eigenvalue weighted by molar-refractivity contribution is -0.119. The Hall–Kier alpha value is -3.80. The molecule has 30 heavy (non-hydrogen) atoms. The summed E-state index contributed by atoms with van der Waals surface area (Å²) >= 11 is 0. The zero-order valence-corrected chi connectivity index (χ0v) is 16.3. The van der Waals surface area contributed by atoms with Gasteiger partial charge in [0.15, 0.2) is 0 Å². The molecule has 5 nitrogen and oxygen atoms in total. The summed E-state index contributed by atoms with van der Waals surface area (Å²) in [5.74, 6) is -1.75. The second kappa shape index (κ2) is 7.91. The smallest absolute Gasteiger partial charge is 0.266 e. The van der Waals surface area contributed by atoms with Crippen LogP contribution in [0.5, 0.6) is 0 Å². The third kappa shape index (κ3) is 3.72. The van der Waals surface area contributed by atoms with Gasteiger partial charge in [-0.25, -0.2) is 9.29 Å². The maximum Gasteiger partial charge on any atom is 0.266 e. The maximum absolute atomic E-state index is 13.4. The van der Waals surface area contributed by atoms with Crippen LogP contribution in [0.1, 0.15) is 33.2 Å². The predicted octanol–water partition coefficient (Wildman–Crippen LogP) is 4.44. The largest absolute Gasteiger partial charge is 0.326 e. The van der Waals surface area contributed by atoms with Crippen LogP contribution in [0.15, 0.2) is 72.8 Å². The summed E-state index contributed by atoms with van der Waals surface area (Å²) in [4.78, 5) is 39.0. The topological polar surface area (TPSA) is 66.5 Å². The van der Waals surface area contributed by atoms with Gasteiger partial charge in [0.05, 0.1) is 16.8 Å². The van der Waals surface area contributed by atoms with Gasteiger partial charge >= 0.3 is 0 Å². The Bertz CT molecular complexity index is 1120. The van der Waals surface area contributed by atoms with E-state index in [4.69, 9.17) is 0 Å². The Morgan fingerprint density at radius 2 is 1.60 bits per heavy atom. The van der Waals surface area contributed by atoms with Crippen LogP contribution in [-0.4, -0.2) is 17.7 Å². The maximum atomic E-state index is 13.4. The van der Waals surface area contributed by atoms with Crippen molar-refractivity contribution in [2.75, 3.05) is 10.2 Å². The Balaban J connectivity index is 1.49. The van der Waals surface area contributed by atoms with E-state index in [-0.39, 0.29) is 11.7 Å². The van der Waals surface area contributed by atoms with Crippen LogP contribution in [0.4, 0.5) is 15.8 Å².